The Hall–Kier alpha value is -2.04. The van der Waals surface area contributed by atoms with Crippen molar-refractivity contribution >= 4 is 11.8 Å². The summed E-state index contributed by atoms with van der Waals surface area (Å²) in [5, 5.41) is 2.43. The molecule has 5 heteroatoms. The van der Waals surface area contributed by atoms with Crippen molar-refractivity contribution in [2.45, 2.75) is 13.3 Å². The maximum absolute atomic E-state index is 10.9. The zero-order valence-corrected chi connectivity index (χ0v) is 9.95. The van der Waals surface area contributed by atoms with E-state index in [-0.39, 0.29) is 0 Å². The Morgan fingerprint density at radius 1 is 1.41 bits per heavy atom. The van der Waals surface area contributed by atoms with Crippen molar-refractivity contribution in [2.24, 2.45) is 5.73 Å². The summed E-state index contributed by atoms with van der Waals surface area (Å²) < 4.78 is 5.23. The van der Waals surface area contributed by atoms with Crippen LogP contribution >= 0.6 is 0 Å². The lowest BCUT2D eigenvalue weighted by Crippen LogP contribution is -2.37. The molecule has 0 spiro atoms. The minimum absolute atomic E-state index is 0.348. The van der Waals surface area contributed by atoms with Crippen molar-refractivity contribution in [3.8, 4) is 5.75 Å². The largest absolute Gasteiger partial charge is 0.496 e. The average Bonchev–Trinajstić information content (AvgIpc) is 2.30. The van der Waals surface area contributed by atoms with Crippen LogP contribution in [0.5, 0.6) is 5.75 Å². The van der Waals surface area contributed by atoms with E-state index in [1.165, 1.54) is 0 Å². The summed E-state index contributed by atoms with van der Waals surface area (Å²) in [4.78, 5) is 21.4. The van der Waals surface area contributed by atoms with E-state index < -0.39 is 11.8 Å². The minimum Gasteiger partial charge on any atom is -0.496 e. The first-order chi connectivity index (χ1) is 8.04. The third kappa shape index (κ3) is 3.79. The van der Waals surface area contributed by atoms with Crippen LogP contribution < -0.4 is 15.8 Å². The maximum Gasteiger partial charge on any atom is 0.309 e. The number of methoxy groups -OCH3 is 1. The molecule has 0 saturated carbocycles. The number of hydrogen-bond donors (Lipinski definition) is 2. The standard InChI is InChI=1S/C12H16N2O3/c1-8-3-4-9(10(7-8)17-2)5-6-14-12(16)11(13)15/h3-4,7H,5-6H2,1-2H3,(H2,13,15)(H,14,16). The molecule has 1 aromatic rings. The number of nitrogens with two attached hydrogens (primary N) is 1. The molecule has 0 fully saturated rings. The van der Waals surface area contributed by atoms with Crippen LogP contribution in [-0.2, 0) is 16.0 Å². The zero-order chi connectivity index (χ0) is 12.8. The van der Waals surface area contributed by atoms with Gasteiger partial charge in [-0.25, -0.2) is 0 Å². The number of carbonyl (C=O) groups is 2. The molecule has 0 unspecified atom stereocenters. The molecule has 1 rings (SSSR count). The Kier molecular flexibility index (Phi) is 4.51. The molecule has 0 aliphatic rings. The van der Waals surface area contributed by atoms with Crippen LogP contribution in [0.25, 0.3) is 0 Å². The van der Waals surface area contributed by atoms with E-state index in [1.807, 2.05) is 25.1 Å². The molecule has 0 aromatic heterocycles. The van der Waals surface area contributed by atoms with Crippen molar-refractivity contribution < 1.29 is 14.3 Å². The second kappa shape index (κ2) is 5.89. The Labute approximate surface area is 99.9 Å². The fourth-order valence-electron chi connectivity index (χ4n) is 1.46. The highest BCUT2D eigenvalue weighted by atomic mass is 16.5. The highest BCUT2D eigenvalue weighted by molar-refractivity contribution is 6.34. The van der Waals surface area contributed by atoms with E-state index >= 15 is 0 Å². The van der Waals surface area contributed by atoms with Gasteiger partial charge in [-0.05, 0) is 30.5 Å². The predicted octanol–water partition coefficient (Wildman–Crippen LogP) is 0.148. The lowest BCUT2D eigenvalue weighted by atomic mass is 10.1. The van der Waals surface area contributed by atoms with Gasteiger partial charge in [-0.15, -0.1) is 0 Å². The summed E-state index contributed by atoms with van der Waals surface area (Å²) in [5.41, 5.74) is 6.89. The first kappa shape index (κ1) is 13.0. The van der Waals surface area contributed by atoms with Gasteiger partial charge in [-0.1, -0.05) is 12.1 Å². The highest BCUT2D eigenvalue weighted by Crippen LogP contribution is 2.19. The number of aryl methyl sites for hydroxylation is 1. The maximum atomic E-state index is 10.9. The molecule has 2 amide bonds. The number of nitrogens with one attached hydrogen (secondary N) is 1. The Morgan fingerprint density at radius 2 is 2.12 bits per heavy atom. The van der Waals surface area contributed by atoms with E-state index in [4.69, 9.17) is 10.5 Å². The smallest absolute Gasteiger partial charge is 0.309 e. The van der Waals surface area contributed by atoms with Crippen LogP contribution in [0.15, 0.2) is 18.2 Å². The molecule has 0 aliphatic heterocycles. The van der Waals surface area contributed by atoms with Gasteiger partial charge in [0, 0.05) is 6.54 Å². The summed E-state index contributed by atoms with van der Waals surface area (Å²) in [5.74, 6) is -0.963. The topological polar surface area (TPSA) is 81.4 Å². The van der Waals surface area contributed by atoms with Gasteiger partial charge < -0.3 is 15.8 Å². The van der Waals surface area contributed by atoms with Crippen LogP contribution in [0.2, 0.25) is 0 Å². The van der Waals surface area contributed by atoms with Crippen molar-refractivity contribution in [3.05, 3.63) is 29.3 Å². The van der Waals surface area contributed by atoms with E-state index in [0.717, 1.165) is 16.9 Å². The van der Waals surface area contributed by atoms with Gasteiger partial charge in [0.05, 0.1) is 7.11 Å². The summed E-state index contributed by atoms with van der Waals surface area (Å²) in [6.45, 7) is 2.32. The van der Waals surface area contributed by atoms with Gasteiger partial charge in [-0.2, -0.15) is 0 Å². The van der Waals surface area contributed by atoms with Crippen LogP contribution in [0.3, 0.4) is 0 Å². The molecule has 0 atom stereocenters. The van der Waals surface area contributed by atoms with Crippen LogP contribution in [-0.4, -0.2) is 25.5 Å². The Morgan fingerprint density at radius 3 is 2.71 bits per heavy atom. The number of hydrogen-bond acceptors (Lipinski definition) is 3. The van der Waals surface area contributed by atoms with Crippen LogP contribution in [0, 0.1) is 6.92 Å². The average molecular weight is 236 g/mol. The molecule has 17 heavy (non-hydrogen) atoms. The van der Waals surface area contributed by atoms with Crippen molar-refractivity contribution in [2.75, 3.05) is 13.7 Å². The summed E-state index contributed by atoms with van der Waals surface area (Å²) in [7, 11) is 1.60. The lowest BCUT2D eigenvalue weighted by molar-refractivity contribution is -0.137. The summed E-state index contributed by atoms with van der Waals surface area (Å²) in [6, 6.07) is 5.82. The monoisotopic (exact) mass is 236 g/mol. The Balaban J connectivity index is 2.57. The predicted molar refractivity (Wildman–Crippen MR) is 63.6 cm³/mol. The van der Waals surface area contributed by atoms with Gasteiger partial charge >= 0.3 is 11.8 Å². The number of ether oxygens (including phenoxy) is 1. The number of rotatable bonds is 4. The molecular formula is C12H16N2O3. The van der Waals surface area contributed by atoms with Gasteiger partial charge in [-0.3, -0.25) is 9.59 Å². The zero-order valence-electron chi connectivity index (χ0n) is 9.95. The van der Waals surface area contributed by atoms with E-state index in [0.29, 0.717) is 13.0 Å². The molecule has 5 nitrogen and oxygen atoms in total. The van der Waals surface area contributed by atoms with Crippen molar-refractivity contribution in [1.29, 1.82) is 0 Å². The van der Waals surface area contributed by atoms with Gasteiger partial charge in [0.1, 0.15) is 5.75 Å². The normalized spacial score (nSPS) is 9.76. The summed E-state index contributed by atoms with van der Waals surface area (Å²) >= 11 is 0. The molecule has 0 saturated heterocycles. The van der Waals surface area contributed by atoms with Gasteiger partial charge in [0.25, 0.3) is 0 Å². The molecule has 0 radical (unpaired) electrons. The fourth-order valence-corrected chi connectivity index (χ4v) is 1.46. The van der Waals surface area contributed by atoms with Crippen LogP contribution in [0.4, 0.5) is 0 Å². The number of amides is 2. The number of benzene rings is 1. The molecule has 1 aromatic carbocycles. The van der Waals surface area contributed by atoms with E-state index in [1.54, 1.807) is 7.11 Å². The Bertz CT molecular complexity index is 430. The highest BCUT2D eigenvalue weighted by Gasteiger charge is 2.08. The van der Waals surface area contributed by atoms with Crippen molar-refractivity contribution in [3.63, 3.8) is 0 Å². The fraction of sp³-hybridized carbons (Fsp3) is 0.333. The molecular weight excluding hydrogens is 220 g/mol. The lowest BCUT2D eigenvalue weighted by Gasteiger charge is -2.09. The first-order valence-electron chi connectivity index (χ1n) is 5.25. The quantitative estimate of drug-likeness (QED) is 0.730. The van der Waals surface area contributed by atoms with Gasteiger partial charge in [0.15, 0.2) is 0 Å². The van der Waals surface area contributed by atoms with Crippen molar-refractivity contribution in [1.82, 2.24) is 5.32 Å². The van der Waals surface area contributed by atoms with Crippen LogP contribution in [0.1, 0.15) is 11.1 Å². The number of carbonyl (C=O) groups excluding carboxylic acids is 2. The second-order valence-electron chi connectivity index (χ2n) is 3.69. The SMILES string of the molecule is COc1cc(C)ccc1CCNC(=O)C(N)=O. The molecule has 0 aliphatic carbocycles. The third-order valence-electron chi connectivity index (χ3n) is 2.35. The molecule has 3 N–H and O–H groups in total. The number of primary amides is 1. The van der Waals surface area contributed by atoms with Gasteiger partial charge in [0.2, 0.25) is 0 Å². The second-order valence-corrected chi connectivity index (χ2v) is 3.69. The molecule has 0 bridgehead atoms. The molecule has 92 valence electrons. The third-order valence-corrected chi connectivity index (χ3v) is 2.35. The summed E-state index contributed by atoms with van der Waals surface area (Å²) in [6.07, 6.45) is 0.586. The minimum atomic E-state index is -0.971. The van der Waals surface area contributed by atoms with E-state index in [2.05, 4.69) is 5.32 Å². The van der Waals surface area contributed by atoms with E-state index in [9.17, 15) is 9.59 Å². The molecule has 0 heterocycles. The first-order valence-corrected chi connectivity index (χ1v) is 5.25.